The van der Waals surface area contributed by atoms with Crippen molar-refractivity contribution in [3.8, 4) is 0 Å². The number of anilines is 2. The molecule has 1 N–H and O–H groups in total. The Morgan fingerprint density at radius 1 is 1.08 bits per heavy atom. The van der Waals surface area contributed by atoms with E-state index in [4.69, 9.17) is 4.74 Å². The number of hydrogen-bond donors (Lipinski definition) is 1. The van der Waals surface area contributed by atoms with Crippen LogP contribution in [0.5, 0.6) is 0 Å². The lowest BCUT2D eigenvalue weighted by Gasteiger charge is -2.35. The Hall–Kier alpha value is -1.73. The summed E-state index contributed by atoms with van der Waals surface area (Å²) in [6, 6.07) is 7.94. The third-order valence-electron chi connectivity index (χ3n) is 4.09. The van der Waals surface area contributed by atoms with Gasteiger partial charge in [0.1, 0.15) is 0 Å². The maximum absolute atomic E-state index is 11.9. The van der Waals surface area contributed by atoms with Crippen LogP contribution in [0.1, 0.15) is 13.8 Å². The Kier molecular flexibility index (Phi) is 8.08. The highest BCUT2D eigenvalue weighted by Crippen LogP contribution is 2.19. The standard InChI is InChI=1S/C18H27N3O3S/c1-3-20-9-11-21(12-10-20)16-7-5-15(6-8-16)19-17(22)13-25-14-18(23)24-4-2/h5-8H,3-4,9-14H2,1-2H3,(H,19,22). The van der Waals surface area contributed by atoms with Gasteiger partial charge in [-0.15, -0.1) is 11.8 Å². The van der Waals surface area contributed by atoms with E-state index in [1.165, 1.54) is 17.4 Å². The molecule has 0 spiro atoms. The predicted molar refractivity (Wildman–Crippen MR) is 103 cm³/mol. The zero-order chi connectivity index (χ0) is 18.1. The number of benzene rings is 1. The molecule has 138 valence electrons. The summed E-state index contributed by atoms with van der Waals surface area (Å²) in [5.74, 6) is 0.0372. The fourth-order valence-electron chi connectivity index (χ4n) is 2.70. The number of nitrogens with zero attached hydrogens (tertiary/aromatic N) is 2. The van der Waals surface area contributed by atoms with Gasteiger partial charge in [-0.25, -0.2) is 0 Å². The van der Waals surface area contributed by atoms with Crippen molar-refractivity contribution >= 4 is 35.0 Å². The van der Waals surface area contributed by atoms with Crippen molar-refractivity contribution in [3.63, 3.8) is 0 Å². The van der Waals surface area contributed by atoms with Crippen LogP contribution in [0.15, 0.2) is 24.3 Å². The molecule has 25 heavy (non-hydrogen) atoms. The fraction of sp³-hybridized carbons (Fsp3) is 0.556. The van der Waals surface area contributed by atoms with Crippen LogP contribution < -0.4 is 10.2 Å². The molecule has 6 nitrogen and oxygen atoms in total. The van der Waals surface area contributed by atoms with Crippen molar-refractivity contribution in [2.24, 2.45) is 0 Å². The maximum atomic E-state index is 11.9. The summed E-state index contributed by atoms with van der Waals surface area (Å²) < 4.78 is 4.83. The van der Waals surface area contributed by atoms with Crippen molar-refractivity contribution in [1.82, 2.24) is 4.90 Å². The van der Waals surface area contributed by atoms with Gasteiger partial charge in [0.25, 0.3) is 0 Å². The molecule has 1 aliphatic heterocycles. The third kappa shape index (κ3) is 6.59. The number of piperazine rings is 1. The van der Waals surface area contributed by atoms with Gasteiger partial charge in [-0.1, -0.05) is 6.92 Å². The lowest BCUT2D eigenvalue weighted by Crippen LogP contribution is -2.46. The number of amides is 1. The average molecular weight is 365 g/mol. The molecule has 1 aliphatic rings. The molecule has 1 amide bonds. The van der Waals surface area contributed by atoms with Crippen molar-refractivity contribution < 1.29 is 14.3 Å². The molecule has 0 saturated carbocycles. The fourth-order valence-corrected chi connectivity index (χ4v) is 3.31. The minimum absolute atomic E-state index is 0.112. The molecule has 0 radical (unpaired) electrons. The number of nitrogens with one attached hydrogen (secondary N) is 1. The third-order valence-corrected chi connectivity index (χ3v) is 5.00. The number of likely N-dealkylation sites (N-methyl/N-ethyl adjacent to an activating group) is 1. The average Bonchev–Trinajstić information content (AvgIpc) is 2.63. The molecule has 7 heteroatoms. The Balaban J connectivity index is 1.74. The van der Waals surface area contributed by atoms with Crippen LogP contribution in [-0.4, -0.2) is 67.6 Å². The first-order valence-corrected chi connectivity index (χ1v) is 9.88. The number of esters is 1. The van der Waals surface area contributed by atoms with E-state index < -0.39 is 0 Å². The quantitative estimate of drug-likeness (QED) is 0.712. The normalized spacial score (nSPS) is 15.0. The van der Waals surface area contributed by atoms with E-state index in [9.17, 15) is 9.59 Å². The number of carbonyl (C=O) groups excluding carboxylic acids is 2. The first-order valence-electron chi connectivity index (χ1n) is 8.73. The zero-order valence-electron chi connectivity index (χ0n) is 15.0. The Bertz CT molecular complexity index is 557. The van der Waals surface area contributed by atoms with E-state index >= 15 is 0 Å². The molecule has 1 aromatic carbocycles. The van der Waals surface area contributed by atoms with Crippen LogP contribution in [0.2, 0.25) is 0 Å². The smallest absolute Gasteiger partial charge is 0.315 e. The molecule has 1 heterocycles. The minimum Gasteiger partial charge on any atom is -0.465 e. The van der Waals surface area contributed by atoms with Gasteiger partial charge in [0, 0.05) is 37.6 Å². The summed E-state index contributed by atoms with van der Waals surface area (Å²) >= 11 is 1.26. The monoisotopic (exact) mass is 365 g/mol. The molecule has 0 bridgehead atoms. The minimum atomic E-state index is -0.284. The molecule has 0 aliphatic carbocycles. The molecule has 0 aromatic heterocycles. The van der Waals surface area contributed by atoms with Gasteiger partial charge in [-0.3, -0.25) is 9.59 Å². The Labute approximate surface area is 153 Å². The van der Waals surface area contributed by atoms with Crippen molar-refractivity contribution in [2.45, 2.75) is 13.8 Å². The van der Waals surface area contributed by atoms with Crippen molar-refractivity contribution in [2.75, 3.05) is 61.1 Å². The van der Waals surface area contributed by atoms with Crippen LogP contribution in [0.4, 0.5) is 11.4 Å². The number of hydrogen-bond acceptors (Lipinski definition) is 6. The van der Waals surface area contributed by atoms with Gasteiger partial charge in [-0.05, 0) is 37.7 Å². The molecule has 1 saturated heterocycles. The number of thioether (sulfide) groups is 1. The van der Waals surface area contributed by atoms with E-state index in [1.807, 2.05) is 24.3 Å². The van der Waals surface area contributed by atoms with E-state index in [0.29, 0.717) is 6.61 Å². The number of carbonyl (C=O) groups is 2. The first kappa shape index (κ1) is 19.6. The zero-order valence-corrected chi connectivity index (χ0v) is 15.8. The highest BCUT2D eigenvalue weighted by Gasteiger charge is 2.15. The molecule has 1 fully saturated rings. The lowest BCUT2D eigenvalue weighted by molar-refractivity contribution is -0.139. The Morgan fingerprint density at radius 2 is 1.76 bits per heavy atom. The molecule has 0 atom stereocenters. The molecular formula is C18H27N3O3S. The van der Waals surface area contributed by atoms with Crippen LogP contribution in [0.25, 0.3) is 0 Å². The summed E-state index contributed by atoms with van der Waals surface area (Å²) in [7, 11) is 0. The van der Waals surface area contributed by atoms with Crippen LogP contribution in [0, 0.1) is 0 Å². The molecule has 2 rings (SSSR count). The SMILES string of the molecule is CCOC(=O)CSCC(=O)Nc1ccc(N2CCN(CC)CC2)cc1. The number of rotatable bonds is 8. The maximum Gasteiger partial charge on any atom is 0.315 e. The van der Waals surface area contributed by atoms with Gasteiger partial charge >= 0.3 is 5.97 Å². The highest BCUT2D eigenvalue weighted by molar-refractivity contribution is 8.00. The van der Waals surface area contributed by atoms with E-state index in [2.05, 4.69) is 22.0 Å². The van der Waals surface area contributed by atoms with Crippen LogP contribution >= 0.6 is 11.8 Å². The van der Waals surface area contributed by atoms with Gasteiger partial charge in [-0.2, -0.15) is 0 Å². The van der Waals surface area contributed by atoms with Gasteiger partial charge in [0.15, 0.2) is 0 Å². The largest absolute Gasteiger partial charge is 0.465 e. The summed E-state index contributed by atoms with van der Waals surface area (Å²) in [6.07, 6.45) is 0. The van der Waals surface area contributed by atoms with Crippen LogP contribution in [-0.2, 0) is 14.3 Å². The topological polar surface area (TPSA) is 61.9 Å². The van der Waals surface area contributed by atoms with Gasteiger partial charge in [0.05, 0.1) is 18.1 Å². The van der Waals surface area contributed by atoms with E-state index in [1.54, 1.807) is 6.92 Å². The lowest BCUT2D eigenvalue weighted by atomic mass is 10.2. The number of ether oxygens (including phenoxy) is 1. The van der Waals surface area contributed by atoms with Crippen molar-refractivity contribution in [1.29, 1.82) is 0 Å². The highest BCUT2D eigenvalue weighted by atomic mass is 32.2. The second-order valence-corrected chi connectivity index (χ2v) is 6.80. The second kappa shape index (κ2) is 10.3. The van der Waals surface area contributed by atoms with Crippen LogP contribution in [0.3, 0.4) is 0 Å². The summed E-state index contributed by atoms with van der Waals surface area (Å²) in [4.78, 5) is 27.9. The molecule has 1 aromatic rings. The molecule has 0 unspecified atom stereocenters. The Morgan fingerprint density at radius 3 is 2.36 bits per heavy atom. The van der Waals surface area contributed by atoms with E-state index in [-0.39, 0.29) is 23.4 Å². The summed E-state index contributed by atoms with van der Waals surface area (Å²) in [5.41, 5.74) is 1.96. The summed E-state index contributed by atoms with van der Waals surface area (Å²) in [5, 5.41) is 2.86. The summed E-state index contributed by atoms with van der Waals surface area (Å²) in [6.45, 7) is 9.67. The van der Waals surface area contributed by atoms with Gasteiger partial charge in [0.2, 0.25) is 5.91 Å². The van der Waals surface area contributed by atoms with Crippen molar-refractivity contribution in [3.05, 3.63) is 24.3 Å². The van der Waals surface area contributed by atoms with E-state index in [0.717, 1.165) is 38.4 Å². The second-order valence-electron chi connectivity index (χ2n) is 5.81. The predicted octanol–water partition coefficient (Wildman–Crippen LogP) is 2.06. The molecular weight excluding hydrogens is 338 g/mol. The van der Waals surface area contributed by atoms with Gasteiger partial charge < -0.3 is 19.9 Å². The first-order chi connectivity index (χ1) is 12.1.